The Hall–Kier alpha value is -1.95. The highest BCUT2D eigenvalue weighted by Crippen LogP contribution is 2.24. The van der Waals surface area contributed by atoms with Crippen molar-refractivity contribution in [1.29, 1.82) is 0 Å². The second kappa shape index (κ2) is 6.04. The molecular formula is C16H17BrN4O. The molecule has 1 fully saturated rings. The summed E-state index contributed by atoms with van der Waals surface area (Å²) >= 11 is 3.45. The smallest absolute Gasteiger partial charge is 0.270 e. The van der Waals surface area contributed by atoms with E-state index in [4.69, 9.17) is 0 Å². The van der Waals surface area contributed by atoms with Gasteiger partial charge in [0.15, 0.2) is 0 Å². The van der Waals surface area contributed by atoms with Crippen molar-refractivity contribution in [3.63, 3.8) is 0 Å². The molecule has 0 unspecified atom stereocenters. The maximum Gasteiger partial charge on any atom is 0.270 e. The zero-order valence-electron chi connectivity index (χ0n) is 12.5. The Labute approximate surface area is 137 Å². The molecule has 0 atom stereocenters. The Morgan fingerprint density at radius 2 is 2.00 bits per heavy atom. The first-order valence-electron chi connectivity index (χ1n) is 7.21. The van der Waals surface area contributed by atoms with E-state index in [0.717, 1.165) is 28.6 Å². The minimum Gasteiger partial charge on any atom is -0.348 e. The lowest BCUT2D eigenvalue weighted by Gasteiger charge is -2.11. The van der Waals surface area contributed by atoms with Gasteiger partial charge >= 0.3 is 0 Å². The first-order valence-corrected chi connectivity index (χ1v) is 8.00. The van der Waals surface area contributed by atoms with E-state index in [1.54, 1.807) is 13.0 Å². The van der Waals surface area contributed by atoms with Gasteiger partial charge in [0.2, 0.25) is 0 Å². The van der Waals surface area contributed by atoms with E-state index in [-0.39, 0.29) is 5.91 Å². The van der Waals surface area contributed by atoms with Gasteiger partial charge in [-0.25, -0.2) is 9.97 Å². The summed E-state index contributed by atoms with van der Waals surface area (Å²) in [6.07, 6.45) is 2.11. The van der Waals surface area contributed by atoms with E-state index in [1.807, 2.05) is 25.1 Å². The van der Waals surface area contributed by atoms with Gasteiger partial charge < -0.3 is 10.6 Å². The van der Waals surface area contributed by atoms with Crippen molar-refractivity contribution in [2.75, 3.05) is 5.32 Å². The molecule has 2 aromatic rings. The van der Waals surface area contributed by atoms with Crippen LogP contribution in [0.2, 0.25) is 0 Å². The number of nitrogens with zero attached hydrogens (tertiary/aromatic N) is 2. The predicted molar refractivity (Wildman–Crippen MR) is 89.4 cm³/mol. The largest absolute Gasteiger partial charge is 0.348 e. The Morgan fingerprint density at radius 3 is 2.68 bits per heavy atom. The third-order valence-corrected chi connectivity index (χ3v) is 3.93. The molecule has 0 aliphatic heterocycles. The van der Waals surface area contributed by atoms with E-state index in [9.17, 15) is 4.79 Å². The summed E-state index contributed by atoms with van der Waals surface area (Å²) in [7, 11) is 0. The molecule has 1 aromatic heterocycles. The van der Waals surface area contributed by atoms with Crippen molar-refractivity contribution in [2.24, 2.45) is 0 Å². The number of amides is 1. The van der Waals surface area contributed by atoms with E-state index < -0.39 is 0 Å². The molecule has 0 bridgehead atoms. The number of benzene rings is 1. The minimum atomic E-state index is -0.136. The molecule has 0 saturated heterocycles. The summed E-state index contributed by atoms with van der Waals surface area (Å²) in [6.45, 7) is 3.80. The molecule has 6 heteroatoms. The molecule has 3 rings (SSSR count). The van der Waals surface area contributed by atoms with Crippen LogP contribution in [0.25, 0.3) is 0 Å². The highest BCUT2D eigenvalue weighted by molar-refractivity contribution is 9.10. The number of hydrogen-bond acceptors (Lipinski definition) is 4. The standard InChI is InChI=1S/C16H17BrN4O/c1-9-7-11(17)3-6-13(9)21-15-8-14(18-10(2)19-15)16(22)20-12-4-5-12/h3,6-8,12H,4-5H2,1-2H3,(H,20,22)(H,18,19,21). The van der Waals surface area contributed by atoms with Gasteiger partial charge in [-0.3, -0.25) is 4.79 Å². The van der Waals surface area contributed by atoms with Crippen LogP contribution in [-0.4, -0.2) is 21.9 Å². The molecular weight excluding hydrogens is 344 g/mol. The monoisotopic (exact) mass is 360 g/mol. The van der Waals surface area contributed by atoms with Gasteiger partial charge in [0.1, 0.15) is 17.3 Å². The summed E-state index contributed by atoms with van der Waals surface area (Å²) in [6, 6.07) is 7.96. The van der Waals surface area contributed by atoms with E-state index >= 15 is 0 Å². The third-order valence-electron chi connectivity index (χ3n) is 3.43. The number of aryl methyl sites for hydroxylation is 2. The molecule has 1 aliphatic carbocycles. The summed E-state index contributed by atoms with van der Waals surface area (Å²) in [4.78, 5) is 20.7. The highest BCUT2D eigenvalue weighted by atomic mass is 79.9. The fraction of sp³-hybridized carbons (Fsp3) is 0.312. The maximum absolute atomic E-state index is 12.1. The van der Waals surface area contributed by atoms with Gasteiger partial charge in [0.05, 0.1) is 0 Å². The van der Waals surface area contributed by atoms with Crippen molar-refractivity contribution >= 4 is 33.3 Å². The average Bonchev–Trinajstić information content (AvgIpc) is 3.25. The number of rotatable bonds is 4. The number of nitrogens with one attached hydrogen (secondary N) is 2. The van der Waals surface area contributed by atoms with Gasteiger partial charge in [0.25, 0.3) is 5.91 Å². The van der Waals surface area contributed by atoms with Crippen LogP contribution < -0.4 is 10.6 Å². The van der Waals surface area contributed by atoms with Crippen molar-refractivity contribution in [2.45, 2.75) is 32.7 Å². The van der Waals surface area contributed by atoms with Gasteiger partial charge in [-0.2, -0.15) is 0 Å². The van der Waals surface area contributed by atoms with Crippen molar-refractivity contribution in [1.82, 2.24) is 15.3 Å². The zero-order valence-corrected chi connectivity index (χ0v) is 14.1. The topological polar surface area (TPSA) is 66.9 Å². The van der Waals surface area contributed by atoms with Gasteiger partial charge in [-0.1, -0.05) is 15.9 Å². The molecule has 114 valence electrons. The van der Waals surface area contributed by atoms with E-state index in [1.165, 1.54) is 0 Å². The lowest BCUT2D eigenvalue weighted by Crippen LogP contribution is -2.26. The second-order valence-electron chi connectivity index (χ2n) is 5.52. The van der Waals surface area contributed by atoms with Crippen LogP contribution in [0.1, 0.15) is 34.7 Å². The number of aromatic nitrogens is 2. The summed E-state index contributed by atoms with van der Waals surface area (Å²) in [5.41, 5.74) is 2.45. The quantitative estimate of drug-likeness (QED) is 0.875. The molecule has 22 heavy (non-hydrogen) atoms. The van der Waals surface area contributed by atoms with Crippen LogP contribution in [0.4, 0.5) is 11.5 Å². The minimum absolute atomic E-state index is 0.136. The van der Waals surface area contributed by atoms with E-state index in [2.05, 4.69) is 36.5 Å². The molecule has 2 N–H and O–H groups in total. The predicted octanol–water partition coefficient (Wildman–Crippen LogP) is 3.49. The van der Waals surface area contributed by atoms with Crippen molar-refractivity contribution < 1.29 is 4.79 Å². The first kappa shape index (κ1) is 15.0. The molecule has 1 aliphatic rings. The SMILES string of the molecule is Cc1nc(Nc2ccc(Br)cc2C)cc(C(=O)NC2CC2)n1. The maximum atomic E-state index is 12.1. The van der Waals surface area contributed by atoms with E-state index in [0.29, 0.717) is 23.4 Å². The summed E-state index contributed by atoms with van der Waals surface area (Å²) in [5, 5.41) is 6.20. The third kappa shape index (κ3) is 3.62. The first-order chi connectivity index (χ1) is 10.5. The number of carbonyl (C=O) groups excluding carboxylic acids is 1. The van der Waals surface area contributed by atoms with Crippen LogP contribution in [0.15, 0.2) is 28.7 Å². The Morgan fingerprint density at radius 1 is 1.23 bits per heavy atom. The van der Waals surface area contributed by atoms with Crippen molar-refractivity contribution in [3.05, 3.63) is 45.8 Å². The van der Waals surface area contributed by atoms with Gasteiger partial charge in [0, 0.05) is 22.3 Å². The van der Waals surface area contributed by atoms with Crippen LogP contribution >= 0.6 is 15.9 Å². The molecule has 0 spiro atoms. The fourth-order valence-corrected chi connectivity index (χ4v) is 2.62. The van der Waals surface area contributed by atoms with Crippen LogP contribution in [0, 0.1) is 13.8 Å². The Balaban J connectivity index is 1.83. The number of anilines is 2. The van der Waals surface area contributed by atoms with Gasteiger partial charge in [-0.15, -0.1) is 0 Å². The molecule has 5 nitrogen and oxygen atoms in total. The molecule has 0 radical (unpaired) electrons. The second-order valence-corrected chi connectivity index (χ2v) is 6.43. The van der Waals surface area contributed by atoms with Crippen LogP contribution in [0.3, 0.4) is 0 Å². The normalized spacial score (nSPS) is 13.8. The summed E-state index contributed by atoms with van der Waals surface area (Å²) < 4.78 is 1.03. The number of hydrogen-bond donors (Lipinski definition) is 2. The van der Waals surface area contributed by atoms with Crippen molar-refractivity contribution in [3.8, 4) is 0 Å². The Kier molecular flexibility index (Phi) is 4.11. The Bertz CT molecular complexity index is 728. The molecule has 1 aromatic carbocycles. The molecule has 1 amide bonds. The van der Waals surface area contributed by atoms with Crippen LogP contribution in [-0.2, 0) is 0 Å². The summed E-state index contributed by atoms with van der Waals surface area (Å²) in [5.74, 6) is 1.06. The number of halogens is 1. The van der Waals surface area contributed by atoms with Gasteiger partial charge in [-0.05, 0) is 50.5 Å². The zero-order chi connectivity index (χ0) is 15.7. The average molecular weight is 361 g/mol. The lowest BCUT2D eigenvalue weighted by atomic mass is 10.2. The fourth-order valence-electron chi connectivity index (χ4n) is 2.14. The highest BCUT2D eigenvalue weighted by Gasteiger charge is 2.24. The molecule has 1 saturated carbocycles. The number of carbonyl (C=O) groups is 1. The lowest BCUT2D eigenvalue weighted by molar-refractivity contribution is 0.0945. The molecule has 1 heterocycles. The van der Waals surface area contributed by atoms with Crippen LogP contribution in [0.5, 0.6) is 0 Å².